The predicted molar refractivity (Wildman–Crippen MR) is 121 cm³/mol. The summed E-state index contributed by atoms with van der Waals surface area (Å²) in [6.45, 7) is 4.67. The van der Waals surface area contributed by atoms with Gasteiger partial charge in [-0.3, -0.25) is 9.59 Å². The van der Waals surface area contributed by atoms with Gasteiger partial charge >= 0.3 is 0 Å². The number of para-hydroxylation sites is 1. The summed E-state index contributed by atoms with van der Waals surface area (Å²) in [6, 6.07) is 15.8. The molecule has 2 heterocycles. The fourth-order valence-electron chi connectivity index (χ4n) is 3.42. The van der Waals surface area contributed by atoms with Crippen molar-refractivity contribution in [3.8, 4) is 0 Å². The van der Waals surface area contributed by atoms with E-state index in [1.54, 1.807) is 30.0 Å². The summed E-state index contributed by atoms with van der Waals surface area (Å²) in [4.78, 5) is 32.8. The van der Waals surface area contributed by atoms with Crippen LogP contribution in [0.3, 0.4) is 0 Å². The Morgan fingerprint density at radius 2 is 1.76 bits per heavy atom. The van der Waals surface area contributed by atoms with Crippen LogP contribution in [0.4, 0.5) is 5.69 Å². The number of fused-ring (bicyclic) bond motifs is 1. The van der Waals surface area contributed by atoms with Crippen LogP contribution in [-0.2, 0) is 10.5 Å². The first-order chi connectivity index (χ1) is 14.1. The summed E-state index contributed by atoms with van der Waals surface area (Å²) in [5.74, 6) is 1.54. The van der Waals surface area contributed by atoms with Gasteiger partial charge < -0.3 is 9.80 Å². The molecular weight excluding hydrogens is 402 g/mol. The van der Waals surface area contributed by atoms with E-state index in [1.807, 2.05) is 47.4 Å². The molecule has 1 aliphatic heterocycles. The molecule has 150 valence electrons. The van der Waals surface area contributed by atoms with Crippen LogP contribution in [0.5, 0.6) is 0 Å². The summed E-state index contributed by atoms with van der Waals surface area (Å²) >= 11 is 3.34. The molecule has 0 unspecified atom stereocenters. The number of benzene rings is 2. The first kappa shape index (κ1) is 19.9. The molecule has 7 heteroatoms. The SMILES string of the molecule is CC(=O)c1ccc(N2CCN(C(=O)CSCc3nc4ccccc4s3)CC2)cc1. The Morgan fingerprint density at radius 3 is 2.45 bits per heavy atom. The first-order valence-corrected chi connectivity index (χ1v) is 11.6. The number of nitrogens with zero attached hydrogens (tertiary/aromatic N) is 3. The Bertz CT molecular complexity index is 975. The van der Waals surface area contributed by atoms with Gasteiger partial charge in [0.25, 0.3) is 0 Å². The van der Waals surface area contributed by atoms with Crippen molar-refractivity contribution >= 4 is 50.7 Å². The Labute approximate surface area is 178 Å². The van der Waals surface area contributed by atoms with E-state index in [9.17, 15) is 9.59 Å². The number of carbonyl (C=O) groups is 2. The fraction of sp³-hybridized carbons (Fsp3) is 0.318. The highest BCUT2D eigenvalue weighted by molar-refractivity contribution is 7.99. The lowest BCUT2D eigenvalue weighted by Crippen LogP contribution is -2.49. The van der Waals surface area contributed by atoms with Crippen LogP contribution < -0.4 is 4.90 Å². The quantitative estimate of drug-likeness (QED) is 0.557. The average molecular weight is 426 g/mol. The topological polar surface area (TPSA) is 53.5 Å². The molecule has 0 N–H and O–H groups in total. The van der Waals surface area contributed by atoms with Gasteiger partial charge in [0.15, 0.2) is 5.78 Å². The molecule has 0 spiro atoms. The highest BCUT2D eigenvalue weighted by Crippen LogP contribution is 2.25. The number of aromatic nitrogens is 1. The molecule has 1 aromatic heterocycles. The zero-order chi connectivity index (χ0) is 20.2. The minimum absolute atomic E-state index is 0.0790. The second-order valence-electron chi connectivity index (χ2n) is 7.04. The molecule has 2 aromatic carbocycles. The first-order valence-electron chi connectivity index (χ1n) is 9.66. The molecule has 0 saturated carbocycles. The number of rotatable bonds is 6. The smallest absolute Gasteiger partial charge is 0.232 e. The van der Waals surface area contributed by atoms with Crippen LogP contribution in [0.15, 0.2) is 48.5 Å². The second kappa shape index (κ2) is 8.97. The van der Waals surface area contributed by atoms with E-state index in [1.165, 1.54) is 4.70 Å². The zero-order valence-electron chi connectivity index (χ0n) is 16.3. The van der Waals surface area contributed by atoms with Crippen LogP contribution in [0.1, 0.15) is 22.3 Å². The van der Waals surface area contributed by atoms with Gasteiger partial charge in [0.1, 0.15) is 5.01 Å². The van der Waals surface area contributed by atoms with E-state index in [-0.39, 0.29) is 11.7 Å². The highest BCUT2D eigenvalue weighted by atomic mass is 32.2. The Balaban J connectivity index is 1.24. The molecule has 29 heavy (non-hydrogen) atoms. The van der Waals surface area contributed by atoms with Gasteiger partial charge in [0.2, 0.25) is 5.91 Å². The van der Waals surface area contributed by atoms with E-state index in [2.05, 4.69) is 16.0 Å². The molecule has 1 fully saturated rings. The largest absolute Gasteiger partial charge is 0.368 e. The number of thioether (sulfide) groups is 1. The van der Waals surface area contributed by atoms with E-state index < -0.39 is 0 Å². The Morgan fingerprint density at radius 1 is 1.03 bits per heavy atom. The lowest BCUT2D eigenvalue weighted by Gasteiger charge is -2.36. The van der Waals surface area contributed by atoms with Gasteiger partial charge in [-0.05, 0) is 43.3 Å². The third-order valence-electron chi connectivity index (χ3n) is 5.06. The van der Waals surface area contributed by atoms with E-state index in [4.69, 9.17) is 0 Å². The number of piperazine rings is 1. The molecule has 4 rings (SSSR count). The zero-order valence-corrected chi connectivity index (χ0v) is 18.0. The average Bonchev–Trinajstić information content (AvgIpc) is 3.16. The summed E-state index contributed by atoms with van der Waals surface area (Å²) < 4.78 is 1.20. The molecule has 1 aliphatic rings. The summed E-state index contributed by atoms with van der Waals surface area (Å²) in [5.41, 5.74) is 2.87. The van der Waals surface area contributed by atoms with Crippen LogP contribution in [0, 0.1) is 0 Å². The molecule has 1 saturated heterocycles. The maximum atomic E-state index is 12.6. The third-order valence-corrected chi connectivity index (χ3v) is 7.21. The van der Waals surface area contributed by atoms with Crippen molar-refractivity contribution in [2.45, 2.75) is 12.7 Å². The predicted octanol–water partition coefficient (Wildman–Crippen LogP) is 4.08. The lowest BCUT2D eigenvalue weighted by atomic mass is 10.1. The van der Waals surface area contributed by atoms with Gasteiger partial charge in [-0.1, -0.05) is 12.1 Å². The second-order valence-corrected chi connectivity index (χ2v) is 9.14. The molecule has 1 amide bonds. The van der Waals surface area contributed by atoms with Crippen LogP contribution in [-0.4, -0.2) is 53.5 Å². The lowest BCUT2D eigenvalue weighted by molar-refractivity contribution is -0.128. The standard InChI is InChI=1S/C22H23N3O2S2/c1-16(26)17-6-8-18(9-7-17)24-10-12-25(13-11-24)22(27)15-28-14-21-23-19-4-2-3-5-20(19)29-21/h2-9H,10-15H2,1H3. The fourth-order valence-corrected chi connectivity index (χ4v) is 5.37. The van der Waals surface area contributed by atoms with Gasteiger partial charge in [0.05, 0.1) is 16.0 Å². The molecule has 5 nitrogen and oxygen atoms in total. The van der Waals surface area contributed by atoms with Gasteiger partial charge in [-0.15, -0.1) is 23.1 Å². The number of Topliss-reactive ketones (excluding diaryl/α,β-unsaturated/α-hetero) is 1. The summed E-state index contributed by atoms with van der Waals surface area (Å²) in [6.07, 6.45) is 0. The summed E-state index contributed by atoms with van der Waals surface area (Å²) in [5, 5.41) is 1.07. The van der Waals surface area contributed by atoms with Crippen molar-refractivity contribution in [1.29, 1.82) is 0 Å². The Kier molecular flexibility index (Phi) is 6.16. The van der Waals surface area contributed by atoms with Crippen molar-refractivity contribution in [3.05, 3.63) is 59.1 Å². The molecule has 3 aromatic rings. The van der Waals surface area contributed by atoms with Gasteiger partial charge in [-0.2, -0.15) is 0 Å². The van der Waals surface area contributed by atoms with Crippen molar-refractivity contribution in [3.63, 3.8) is 0 Å². The third kappa shape index (κ3) is 4.79. The minimum Gasteiger partial charge on any atom is -0.368 e. The van der Waals surface area contributed by atoms with Gasteiger partial charge in [0, 0.05) is 43.2 Å². The number of hydrogen-bond acceptors (Lipinski definition) is 6. The van der Waals surface area contributed by atoms with Crippen molar-refractivity contribution in [2.75, 3.05) is 36.8 Å². The van der Waals surface area contributed by atoms with E-state index >= 15 is 0 Å². The van der Waals surface area contributed by atoms with Gasteiger partial charge in [-0.25, -0.2) is 4.98 Å². The maximum Gasteiger partial charge on any atom is 0.232 e. The van der Waals surface area contributed by atoms with Crippen LogP contribution in [0.2, 0.25) is 0 Å². The number of carbonyl (C=O) groups excluding carboxylic acids is 2. The van der Waals surface area contributed by atoms with Crippen LogP contribution >= 0.6 is 23.1 Å². The monoisotopic (exact) mass is 425 g/mol. The number of thiazole rings is 1. The normalized spacial score (nSPS) is 14.4. The number of amides is 1. The van der Waals surface area contributed by atoms with E-state index in [0.717, 1.165) is 53.7 Å². The number of ketones is 1. The summed E-state index contributed by atoms with van der Waals surface area (Å²) in [7, 11) is 0. The molecule has 0 radical (unpaired) electrons. The van der Waals surface area contributed by atoms with Crippen molar-refractivity contribution in [1.82, 2.24) is 9.88 Å². The van der Waals surface area contributed by atoms with Crippen LogP contribution in [0.25, 0.3) is 10.2 Å². The van der Waals surface area contributed by atoms with Crippen molar-refractivity contribution < 1.29 is 9.59 Å². The Hall–Kier alpha value is -2.38. The molecular formula is C22H23N3O2S2. The van der Waals surface area contributed by atoms with Crippen molar-refractivity contribution in [2.24, 2.45) is 0 Å². The highest BCUT2D eigenvalue weighted by Gasteiger charge is 2.21. The minimum atomic E-state index is 0.0790. The molecule has 0 aliphatic carbocycles. The number of anilines is 1. The number of hydrogen-bond donors (Lipinski definition) is 0. The maximum absolute atomic E-state index is 12.6. The van der Waals surface area contributed by atoms with E-state index in [0.29, 0.717) is 5.75 Å². The molecule has 0 bridgehead atoms. The molecule has 0 atom stereocenters.